The molecule has 1 aromatic rings. The fourth-order valence-electron chi connectivity index (χ4n) is 2.19. The van der Waals surface area contributed by atoms with E-state index in [1.807, 2.05) is 6.92 Å². The standard InChI is InChI=1S/C16H28N2O/c1-3-4-5-6-7-8-9-10-11-16(19)15-13-17-14(2)12-18-15/h12-13,16,19H,3-11H2,1-2H3. The lowest BCUT2D eigenvalue weighted by Crippen LogP contribution is -2.01. The summed E-state index contributed by atoms with van der Waals surface area (Å²) < 4.78 is 0. The largest absolute Gasteiger partial charge is 0.387 e. The van der Waals surface area contributed by atoms with Crippen LogP contribution in [0.3, 0.4) is 0 Å². The number of hydrogen-bond acceptors (Lipinski definition) is 3. The van der Waals surface area contributed by atoms with Crippen molar-refractivity contribution in [2.75, 3.05) is 0 Å². The van der Waals surface area contributed by atoms with E-state index in [4.69, 9.17) is 0 Å². The molecule has 0 saturated heterocycles. The molecule has 1 N–H and O–H groups in total. The molecule has 0 bridgehead atoms. The molecule has 19 heavy (non-hydrogen) atoms. The number of hydrogen-bond donors (Lipinski definition) is 1. The summed E-state index contributed by atoms with van der Waals surface area (Å²) in [4.78, 5) is 8.38. The summed E-state index contributed by atoms with van der Waals surface area (Å²) >= 11 is 0. The number of aryl methyl sites for hydroxylation is 1. The van der Waals surface area contributed by atoms with Gasteiger partial charge in [0.1, 0.15) is 0 Å². The molecule has 1 unspecified atom stereocenters. The zero-order valence-corrected chi connectivity index (χ0v) is 12.4. The first-order chi connectivity index (χ1) is 9.24. The highest BCUT2D eigenvalue weighted by Crippen LogP contribution is 2.18. The molecule has 0 saturated carbocycles. The number of rotatable bonds is 10. The normalized spacial score (nSPS) is 12.6. The van der Waals surface area contributed by atoms with Gasteiger partial charge in [-0.15, -0.1) is 0 Å². The Morgan fingerprint density at radius 3 is 2.16 bits per heavy atom. The molecule has 3 nitrogen and oxygen atoms in total. The van der Waals surface area contributed by atoms with Crippen LogP contribution < -0.4 is 0 Å². The number of nitrogens with zero attached hydrogens (tertiary/aromatic N) is 2. The SMILES string of the molecule is CCCCCCCCCCC(O)c1cnc(C)cn1. The van der Waals surface area contributed by atoms with Gasteiger partial charge in [0.15, 0.2) is 0 Å². The first-order valence-corrected chi connectivity index (χ1v) is 7.70. The van der Waals surface area contributed by atoms with Gasteiger partial charge < -0.3 is 5.11 Å². The Balaban J connectivity index is 2.04. The van der Waals surface area contributed by atoms with Crippen molar-refractivity contribution in [3.05, 3.63) is 23.8 Å². The fraction of sp³-hybridized carbons (Fsp3) is 0.750. The van der Waals surface area contributed by atoms with Crippen LogP contribution in [0.5, 0.6) is 0 Å². The molecule has 1 heterocycles. The molecule has 0 amide bonds. The van der Waals surface area contributed by atoms with Crippen LogP contribution in [-0.4, -0.2) is 15.1 Å². The zero-order valence-electron chi connectivity index (χ0n) is 12.4. The minimum absolute atomic E-state index is 0.451. The average Bonchev–Trinajstić information content (AvgIpc) is 2.42. The summed E-state index contributed by atoms with van der Waals surface area (Å²) in [5, 5.41) is 9.98. The lowest BCUT2D eigenvalue weighted by molar-refractivity contribution is 0.158. The van der Waals surface area contributed by atoms with Crippen molar-refractivity contribution in [1.82, 2.24) is 9.97 Å². The summed E-state index contributed by atoms with van der Waals surface area (Å²) in [6.45, 7) is 4.15. The average molecular weight is 264 g/mol. The van der Waals surface area contributed by atoms with E-state index in [0.717, 1.165) is 18.5 Å². The smallest absolute Gasteiger partial charge is 0.0975 e. The summed E-state index contributed by atoms with van der Waals surface area (Å²) in [5.41, 5.74) is 1.59. The van der Waals surface area contributed by atoms with E-state index < -0.39 is 6.10 Å². The molecule has 0 aliphatic heterocycles. The molecule has 3 heteroatoms. The maximum atomic E-state index is 9.98. The van der Waals surface area contributed by atoms with Gasteiger partial charge in [0, 0.05) is 6.20 Å². The molecule has 0 aliphatic rings. The number of aliphatic hydroxyl groups is 1. The summed E-state index contributed by atoms with van der Waals surface area (Å²) in [7, 11) is 0. The van der Waals surface area contributed by atoms with Crippen molar-refractivity contribution in [1.29, 1.82) is 0 Å². The van der Waals surface area contributed by atoms with E-state index >= 15 is 0 Å². The van der Waals surface area contributed by atoms with Crippen molar-refractivity contribution in [3.63, 3.8) is 0 Å². The van der Waals surface area contributed by atoms with E-state index in [9.17, 15) is 5.11 Å². The van der Waals surface area contributed by atoms with Gasteiger partial charge in [-0.3, -0.25) is 9.97 Å². The molecule has 1 rings (SSSR count). The highest BCUT2D eigenvalue weighted by Gasteiger charge is 2.08. The van der Waals surface area contributed by atoms with Gasteiger partial charge >= 0.3 is 0 Å². The predicted octanol–water partition coefficient (Wildman–Crippen LogP) is 4.35. The molecule has 1 atom stereocenters. The van der Waals surface area contributed by atoms with Gasteiger partial charge in [-0.05, 0) is 13.3 Å². The van der Waals surface area contributed by atoms with Gasteiger partial charge in [0.05, 0.1) is 23.7 Å². The Kier molecular flexibility index (Phi) is 8.39. The summed E-state index contributed by atoms with van der Waals surface area (Å²) in [6.07, 6.45) is 14.1. The molecule has 1 aromatic heterocycles. The Bertz CT molecular complexity index is 324. The second kappa shape index (κ2) is 9.90. The monoisotopic (exact) mass is 264 g/mol. The first kappa shape index (κ1) is 16.1. The molecule has 0 fully saturated rings. The third-order valence-electron chi connectivity index (χ3n) is 3.47. The van der Waals surface area contributed by atoms with Crippen LogP contribution in [0, 0.1) is 6.92 Å². The molecular weight excluding hydrogens is 236 g/mol. The Morgan fingerprint density at radius 2 is 1.58 bits per heavy atom. The van der Waals surface area contributed by atoms with Crippen LogP contribution in [0.1, 0.15) is 82.2 Å². The van der Waals surface area contributed by atoms with Crippen molar-refractivity contribution in [2.24, 2.45) is 0 Å². The van der Waals surface area contributed by atoms with E-state index in [2.05, 4.69) is 16.9 Å². The van der Waals surface area contributed by atoms with Crippen LogP contribution in [-0.2, 0) is 0 Å². The van der Waals surface area contributed by atoms with Crippen molar-refractivity contribution >= 4 is 0 Å². The molecule has 108 valence electrons. The van der Waals surface area contributed by atoms with Gasteiger partial charge in [0.25, 0.3) is 0 Å². The van der Waals surface area contributed by atoms with Crippen LogP contribution in [0.2, 0.25) is 0 Å². The minimum atomic E-state index is -0.451. The molecule has 0 spiro atoms. The third-order valence-corrected chi connectivity index (χ3v) is 3.47. The van der Waals surface area contributed by atoms with Crippen molar-refractivity contribution in [3.8, 4) is 0 Å². The van der Waals surface area contributed by atoms with E-state index in [-0.39, 0.29) is 0 Å². The molecular formula is C16H28N2O. The Labute approximate surface area is 117 Å². The fourth-order valence-corrected chi connectivity index (χ4v) is 2.19. The van der Waals surface area contributed by atoms with Crippen LogP contribution >= 0.6 is 0 Å². The second-order valence-corrected chi connectivity index (χ2v) is 5.36. The van der Waals surface area contributed by atoms with E-state index in [0.29, 0.717) is 5.69 Å². The predicted molar refractivity (Wildman–Crippen MR) is 79.0 cm³/mol. The van der Waals surface area contributed by atoms with Crippen LogP contribution in [0.4, 0.5) is 0 Å². The third kappa shape index (κ3) is 7.26. The minimum Gasteiger partial charge on any atom is -0.387 e. The Hall–Kier alpha value is -0.960. The maximum Gasteiger partial charge on any atom is 0.0975 e. The summed E-state index contributed by atoms with van der Waals surface area (Å²) in [5.74, 6) is 0. The second-order valence-electron chi connectivity index (χ2n) is 5.36. The van der Waals surface area contributed by atoms with Crippen LogP contribution in [0.25, 0.3) is 0 Å². The zero-order chi connectivity index (χ0) is 13.9. The lowest BCUT2D eigenvalue weighted by Gasteiger charge is -2.09. The van der Waals surface area contributed by atoms with Crippen LogP contribution in [0.15, 0.2) is 12.4 Å². The van der Waals surface area contributed by atoms with Gasteiger partial charge in [-0.25, -0.2) is 0 Å². The van der Waals surface area contributed by atoms with Crippen molar-refractivity contribution < 1.29 is 5.11 Å². The number of unbranched alkanes of at least 4 members (excludes halogenated alkanes) is 7. The summed E-state index contributed by atoms with van der Waals surface area (Å²) in [6, 6.07) is 0. The quantitative estimate of drug-likeness (QED) is 0.639. The molecule has 0 aliphatic carbocycles. The topological polar surface area (TPSA) is 46.0 Å². The highest BCUT2D eigenvalue weighted by molar-refractivity contribution is 5.03. The number of aliphatic hydroxyl groups excluding tert-OH is 1. The van der Waals surface area contributed by atoms with Gasteiger partial charge in [-0.1, -0.05) is 58.3 Å². The first-order valence-electron chi connectivity index (χ1n) is 7.70. The maximum absolute atomic E-state index is 9.98. The van der Waals surface area contributed by atoms with E-state index in [1.165, 1.54) is 44.9 Å². The number of aromatic nitrogens is 2. The molecule has 0 radical (unpaired) electrons. The lowest BCUT2D eigenvalue weighted by atomic mass is 10.0. The van der Waals surface area contributed by atoms with Crippen molar-refractivity contribution in [2.45, 2.75) is 77.7 Å². The highest BCUT2D eigenvalue weighted by atomic mass is 16.3. The molecule has 0 aromatic carbocycles. The Morgan fingerprint density at radius 1 is 0.947 bits per heavy atom. The van der Waals surface area contributed by atoms with Gasteiger partial charge in [0.2, 0.25) is 0 Å². The van der Waals surface area contributed by atoms with Gasteiger partial charge in [-0.2, -0.15) is 0 Å². The van der Waals surface area contributed by atoms with E-state index in [1.54, 1.807) is 12.4 Å².